The van der Waals surface area contributed by atoms with Crippen LogP contribution in [0.15, 0.2) is 30.3 Å². The molecular weight excluding hydrogens is 286 g/mol. The molecule has 0 aromatic heterocycles. The molecule has 0 saturated carbocycles. The maximum absolute atomic E-state index is 11.9. The smallest absolute Gasteiger partial charge is 0.321 e. The lowest BCUT2D eigenvalue weighted by molar-refractivity contribution is -0.158. The standard InChI is InChI=1S/C16H21NO5/c1-16(2,3)22-14(19)9-12(15(20)21)17-10-13(18)11-7-5-4-6-8-11/h4-8,12,17H,9-10H2,1-3H3,(H,20,21)/t12-/m0/s1. The number of carbonyl (C=O) groups excluding carboxylic acids is 2. The number of hydrogen-bond acceptors (Lipinski definition) is 5. The highest BCUT2D eigenvalue weighted by Crippen LogP contribution is 2.09. The summed E-state index contributed by atoms with van der Waals surface area (Å²) in [5, 5.41) is 11.7. The van der Waals surface area contributed by atoms with Crippen LogP contribution in [-0.2, 0) is 14.3 Å². The Labute approximate surface area is 129 Å². The molecule has 0 saturated heterocycles. The summed E-state index contributed by atoms with van der Waals surface area (Å²) < 4.78 is 5.08. The van der Waals surface area contributed by atoms with Crippen molar-refractivity contribution in [1.29, 1.82) is 0 Å². The predicted molar refractivity (Wildman–Crippen MR) is 80.7 cm³/mol. The lowest BCUT2D eigenvalue weighted by Gasteiger charge is -2.21. The van der Waals surface area contributed by atoms with Gasteiger partial charge in [-0.1, -0.05) is 30.3 Å². The third kappa shape index (κ3) is 6.49. The molecule has 1 aromatic rings. The summed E-state index contributed by atoms with van der Waals surface area (Å²) in [6, 6.07) is 7.36. The predicted octanol–water partition coefficient (Wildman–Crippen LogP) is 1.64. The van der Waals surface area contributed by atoms with Crippen LogP contribution in [0.4, 0.5) is 0 Å². The SMILES string of the molecule is CC(C)(C)OC(=O)C[C@H](NCC(=O)c1ccccc1)C(=O)O. The van der Waals surface area contributed by atoms with Crippen molar-refractivity contribution in [3.05, 3.63) is 35.9 Å². The first-order chi connectivity index (χ1) is 10.2. The number of ketones is 1. The van der Waals surface area contributed by atoms with E-state index in [1.807, 2.05) is 0 Å². The van der Waals surface area contributed by atoms with Crippen LogP contribution in [0.5, 0.6) is 0 Å². The number of hydrogen-bond donors (Lipinski definition) is 2. The zero-order valence-corrected chi connectivity index (χ0v) is 13.0. The van der Waals surface area contributed by atoms with Gasteiger partial charge >= 0.3 is 11.9 Å². The van der Waals surface area contributed by atoms with E-state index in [4.69, 9.17) is 9.84 Å². The van der Waals surface area contributed by atoms with Gasteiger partial charge in [0, 0.05) is 5.56 Å². The molecule has 0 spiro atoms. The Morgan fingerprint density at radius 3 is 2.27 bits per heavy atom. The van der Waals surface area contributed by atoms with Gasteiger partial charge in [-0.3, -0.25) is 19.7 Å². The average molecular weight is 307 g/mol. The van der Waals surface area contributed by atoms with E-state index in [2.05, 4.69) is 5.32 Å². The maximum Gasteiger partial charge on any atom is 0.321 e. The fraction of sp³-hybridized carbons (Fsp3) is 0.438. The molecule has 0 amide bonds. The first-order valence-electron chi connectivity index (χ1n) is 6.95. The second-order valence-electron chi connectivity index (χ2n) is 5.85. The quantitative estimate of drug-likeness (QED) is 0.587. The van der Waals surface area contributed by atoms with Gasteiger partial charge in [-0.2, -0.15) is 0 Å². The van der Waals surface area contributed by atoms with Crippen LogP contribution in [0.2, 0.25) is 0 Å². The van der Waals surface area contributed by atoms with Crippen molar-refractivity contribution in [2.75, 3.05) is 6.54 Å². The molecule has 1 aromatic carbocycles. The van der Waals surface area contributed by atoms with E-state index in [0.29, 0.717) is 5.56 Å². The van der Waals surface area contributed by atoms with Crippen molar-refractivity contribution in [3.63, 3.8) is 0 Å². The van der Waals surface area contributed by atoms with Crippen LogP contribution < -0.4 is 5.32 Å². The molecule has 6 heteroatoms. The number of Topliss-reactive ketones (excluding diaryl/α,β-unsaturated/α-hetero) is 1. The number of nitrogens with one attached hydrogen (secondary N) is 1. The van der Waals surface area contributed by atoms with Crippen molar-refractivity contribution >= 4 is 17.7 Å². The molecule has 1 atom stereocenters. The summed E-state index contributed by atoms with van der Waals surface area (Å²) >= 11 is 0. The van der Waals surface area contributed by atoms with Crippen LogP contribution in [0.25, 0.3) is 0 Å². The zero-order chi connectivity index (χ0) is 16.8. The molecule has 6 nitrogen and oxygen atoms in total. The molecule has 0 aliphatic heterocycles. The van der Waals surface area contributed by atoms with Crippen molar-refractivity contribution in [3.8, 4) is 0 Å². The van der Waals surface area contributed by atoms with E-state index in [-0.39, 0.29) is 18.7 Å². The Balaban J connectivity index is 2.57. The van der Waals surface area contributed by atoms with Gasteiger partial charge in [-0.05, 0) is 20.8 Å². The highest BCUT2D eigenvalue weighted by molar-refractivity contribution is 5.97. The summed E-state index contributed by atoms with van der Waals surface area (Å²) in [4.78, 5) is 34.8. The first-order valence-corrected chi connectivity index (χ1v) is 6.95. The van der Waals surface area contributed by atoms with Crippen molar-refractivity contribution in [2.45, 2.75) is 38.8 Å². The third-order valence-corrected chi connectivity index (χ3v) is 2.69. The normalized spacial score (nSPS) is 12.5. The number of esters is 1. The van der Waals surface area contributed by atoms with Crippen LogP contribution in [0.3, 0.4) is 0 Å². The molecule has 0 unspecified atom stereocenters. The summed E-state index contributed by atoms with van der Waals surface area (Å²) in [5.74, 6) is -2.07. The van der Waals surface area contributed by atoms with Gasteiger partial charge in [0.25, 0.3) is 0 Å². The second-order valence-corrected chi connectivity index (χ2v) is 5.85. The molecule has 0 heterocycles. The minimum Gasteiger partial charge on any atom is -0.480 e. The summed E-state index contributed by atoms with van der Waals surface area (Å²) in [6.45, 7) is 4.94. The van der Waals surface area contributed by atoms with E-state index in [0.717, 1.165) is 0 Å². The third-order valence-electron chi connectivity index (χ3n) is 2.69. The van der Waals surface area contributed by atoms with Crippen LogP contribution in [0, 0.1) is 0 Å². The van der Waals surface area contributed by atoms with Gasteiger partial charge in [0.05, 0.1) is 13.0 Å². The monoisotopic (exact) mass is 307 g/mol. The van der Waals surface area contributed by atoms with E-state index in [1.54, 1.807) is 51.1 Å². The van der Waals surface area contributed by atoms with Gasteiger partial charge in [-0.15, -0.1) is 0 Å². The summed E-state index contributed by atoms with van der Waals surface area (Å²) in [7, 11) is 0. The number of carbonyl (C=O) groups is 3. The molecule has 0 aliphatic carbocycles. The molecular formula is C16H21NO5. The lowest BCUT2D eigenvalue weighted by atomic mass is 10.1. The number of benzene rings is 1. The Morgan fingerprint density at radius 2 is 1.77 bits per heavy atom. The number of ether oxygens (including phenoxy) is 1. The van der Waals surface area contributed by atoms with Gasteiger partial charge < -0.3 is 9.84 Å². The van der Waals surface area contributed by atoms with Crippen LogP contribution in [-0.4, -0.2) is 41.0 Å². The largest absolute Gasteiger partial charge is 0.480 e. The van der Waals surface area contributed by atoms with Gasteiger partial charge in [0.1, 0.15) is 11.6 Å². The molecule has 120 valence electrons. The van der Waals surface area contributed by atoms with Gasteiger partial charge in [0.15, 0.2) is 5.78 Å². The molecule has 0 radical (unpaired) electrons. The van der Waals surface area contributed by atoms with Gasteiger partial charge in [-0.25, -0.2) is 0 Å². The van der Waals surface area contributed by atoms with Crippen LogP contribution in [0.1, 0.15) is 37.6 Å². The van der Waals surface area contributed by atoms with Gasteiger partial charge in [0.2, 0.25) is 0 Å². The highest BCUT2D eigenvalue weighted by atomic mass is 16.6. The number of carboxylic acids is 1. The number of carboxylic acid groups (broad SMARTS) is 1. The fourth-order valence-corrected chi connectivity index (χ4v) is 1.74. The van der Waals surface area contributed by atoms with Crippen molar-refractivity contribution < 1.29 is 24.2 Å². The minimum atomic E-state index is -1.20. The topological polar surface area (TPSA) is 92.7 Å². The van der Waals surface area contributed by atoms with Crippen molar-refractivity contribution in [2.24, 2.45) is 0 Å². The second kappa shape index (κ2) is 7.70. The molecule has 2 N–H and O–H groups in total. The molecule has 0 bridgehead atoms. The lowest BCUT2D eigenvalue weighted by Crippen LogP contribution is -2.42. The number of rotatable bonds is 7. The Kier molecular flexibility index (Phi) is 6.24. The minimum absolute atomic E-state index is 0.163. The summed E-state index contributed by atoms with van der Waals surface area (Å²) in [5.41, 5.74) is -0.198. The van der Waals surface area contributed by atoms with E-state index < -0.39 is 23.6 Å². The number of aliphatic carboxylic acids is 1. The summed E-state index contributed by atoms with van der Waals surface area (Å²) in [6.07, 6.45) is -0.339. The highest BCUT2D eigenvalue weighted by Gasteiger charge is 2.25. The molecule has 0 aliphatic rings. The van der Waals surface area contributed by atoms with E-state index >= 15 is 0 Å². The maximum atomic E-state index is 11.9. The molecule has 22 heavy (non-hydrogen) atoms. The zero-order valence-electron chi connectivity index (χ0n) is 13.0. The fourth-order valence-electron chi connectivity index (χ4n) is 1.74. The Hall–Kier alpha value is -2.21. The average Bonchev–Trinajstić information content (AvgIpc) is 2.41. The van der Waals surface area contributed by atoms with E-state index in [9.17, 15) is 14.4 Å². The first kappa shape index (κ1) is 17.8. The van der Waals surface area contributed by atoms with E-state index in [1.165, 1.54) is 0 Å². The Morgan fingerprint density at radius 1 is 1.18 bits per heavy atom. The Bertz CT molecular complexity index is 533. The molecule has 0 fully saturated rings. The molecule has 1 rings (SSSR count). The van der Waals surface area contributed by atoms with Crippen molar-refractivity contribution in [1.82, 2.24) is 5.32 Å². The van der Waals surface area contributed by atoms with Crippen LogP contribution >= 0.6 is 0 Å².